The topological polar surface area (TPSA) is 65.1 Å². The monoisotopic (exact) mass is 437 g/mol. The van der Waals surface area contributed by atoms with Crippen molar-refractivity contribution in [1.82, 2.24) is 4.90 Å². The van der Waals surface area contributed by atoms with Gasteiger partial charge >= 0.3 is 6.09 Å². The van der Waals surface area contributed by atoms with Crippen LogP contribution >= 0.6 is 0 Å². The van der Waals surface area contributed by atoms with Gasteiger partial charge in [0.2, 0.25) is 0 Å². The van der Waals surface area contributed by atoms with E-state index in [-0.39, 0.29) is 31.5 Å². The van der Waals surface area contributed by atoms with Gasteiger partial charge in [0.1, 0.15) is 13.2 Å². The summed E-state index contributed by atoms with van der Waals surface area (Å²) in [5.74, 6) is -0.402. The second-order valence-electron chi connectivity index (χ2n) is 7.80. The average Bonchev–Trinajstić information content (AvgIpc) is 3.18. The first kappa shape index (κ1) is 23.7. The maximum Gasteiger partial charge on any atom is 0.417 e. The second-order valence-corrected chi connectivity index (χ2v) is 7.80. The normalized spacial score (nSPS) is 17.6. The Morgan fingerprint density at radius 1 is 1.09 bits per heavy atom. The molecule has 0 unspecified atom stereocenters. The van der Waals surface area contributed by atoms with Crippen LogP contribution in [0.2, 0.25) is 0 Å². The van der Waals surface area contributed by atoms with Crippen LogP contribution in [0.15, 0.2) is 73.3 Å². The summed E-state index contributed by atoms with van der Waals surface area (Å²) >= 11 is 0. The summed E-state index contributed by atoms with van der Waals surface area (Å²) in [6.07, 6.45) is 2.41. The first-order chi connectivity index (χ1) is 15.6. The molecule has 3 rings (SSSR count). The number of carbonyl (C=O) groups excluding carboxylic acids is 2. The van der Waals surface area contributed by atoms with Crippen molar-refractivity contribution < 1.29 is 23.8 Å². The molecule has 0 N–H and O–H groups in total. The summed E-state index contributed by atoms with van der Waals surface area (Å²) in [6, 6.07) is 19.3. The van der Waals surface area contributed by atoms with E-state index in [1.807, 2.05) is 67.6 Å². The largest absolute Gasteiger partial charge is 0.447 e. The fourth-order valence-corrected chi connectivity index (χ4v) is 3.81. The number of rotatable bonds is 12. The van der Waals surface area contributed by atoms with E-state index < -0.39 is 12.0 Å². The maximum absolute atomic E-state index is 12.9. The molecular weight excluding hydrogens is 406 g/mol. The van der Waals surface area contributed by atoms with Crippen LogP contribution in [0.5, 0.6) is 0 Å². The van der Waals surface area contributed by atoms with Crippen molar-refractivity contribution >= 4 is 12.0 Å². The Hall–Kier alpha value is -2.96. The van der Waals surface area contributed by atoms with Gasteiger partial charge in [0, 0.05) is 0 Å². The molecule has 1 fully saturated rings. The van der Waals surface area contributed by atoms with Crippen LogP contribution in [0, 0.1) is 0 Å². The highest BCUT2D eigenvalue weighted by molar-refractivity contribution is 5.94. The van der Waals surface area contributed by atoms with Crippen molar-refractivity contribution in [3.05, 3.63) is 84.4 Å². The molecule has 2 aromatic rings. The molecule has 0 saturated carbocycles. The third-order valence-electron chi connectivity index (χ3n) is 5.49. The van der Waals surface area contributed by atoms with Gasteiger partial charge in [0.25, 0.3) is 5.91 Å². The van der Waals surface area contributed by atoms with Crippen molar-refractivity contribution in [2.24, 2.45) is 0 Å². The molecule has 1 heterocycles. The van der Waals surface area contributed by atoms with Crippen molar-refractivity contribution in [2.75, 3.05) is 13.2 Å². The third-order valence-corrected chi connectivity index (χ3v) is 5.49. The van der Waals surface area contributed by atoms with Crippen LogP contribution in [0.3, 0.4) is 0 Å². The van der Waals surface area contributed by atoms with Gasteiger partial charge in [-0.2, -0.15) is 0 Å². The van der Waals surface area contributed by atoms with Gasteiger partial charge in [0.15, 0.2) is 0 Å². The summed E-state index contributed by atoms with van der Waals surface area (Å²) in [6.45, 7) is 6.25. The molecule has 0 radical (unpaired) electrons. The van der Waals surface area contributed by atoms with Gasteiger partial charge < -0.3 is 14.2 Å². The fraction of sp³-hybridized carbons (Fsp3) is 0.385. The first-order valence-corrected chi connectivity index (χ1v) is 11.0. The van der Waals surface area contributed by atoms with Crippen molar-refractivity contribution in [3.8, 4) is 0 Å². The van der Waals surface area contributed by atoms with Crippen LogP contribution in [-0.4, -0.2) is 48.4 Å². The lowest BCUT2D eigenvalue weighted by Gasteiger charge is -2.27. The van der Waals surface area contributed by atoms with E-state index in [9.17, 15) is 9.59 Å². The number of cyclic esters (lactones) is 1. The average molecular weight is 438 g/mol. The van der Waals surface area contributed by atoms with Gasteiger partial charge in [0.05, 0.1) is 24.9 Å². The first-order valence-electron chi connectivity index (χ1n) is 11.0. The van der Waals surface area contributed by atoms with Crippen molar-refractivity contribution in [2.45, 2.75) is 51.0 Å². The number of benzene rings is 2. The lowest BCUT2D eigenvalue weighted by atomic mass is 10.1. The number of carbonyl (C=O) groups is 2. The Labute approximate surface area is 189 Å². The highest BCUT2D eigenvalue weighted by Gasteiger charge is 2.38. The zero-order valence-corrected chi connectivity index (χ0v) is 18.5. The van der Waals surface area contributed by atoms with Gasteiger partial charge in [-0.3, -0.25) is 4.79 Å². The zero-order chi connectivity index (χ0) is 22.8. The minimum atomic E-state index is -0.618. The lowest BCUT2D eigenvalue weighted by Crippen LogP contribution is -2.43. The van der Waals surface area contributed by atoms with E-state index in [1.54, 1.807) is 6.08 Å². The Kier molecular flexibility index (Phi) is 9.01. The van der Waals surface area contributed by atoms with E-state index in [1.165, 1.54) is 4.90 Å². The lowest BCUT2D eigenvalue weighted by molar-refractivity contribution is -0.141. The smallest absolute Gasteiger partial charge is 0.417 e. The molecule has 6 nitrogen and oxygen atoms in total. The molecule has 0 spiro atoms. The molecule has 170 valence electrons. The van der Waals surface area contributed by atoms with E-state index >= 15 is 0 Å². The number of hydrogen-bond donors (Lipinski definition) is 0. The molecule has 0 aliphatic carbocycles. The van der Waals surface area contributed by atoms with Crippen LogP contribution in [-0.2, 0) is 32.0 Å². The molecule has 3 atom stereocenters. The van der Waals surface area contributed by atoms with E-state index in [0.29, 0.717) is 19.4 Å². The molecule has 0 bridgehead atoms. The summed E-state index contributed by atoms with van der Waals surface area (Å²) < 4.78 is 17.2. The molecule has 2 aromatic carbocycles. The Bertz CT molecular complexity index is 870. The second kappa shape index (κ2) is 12.2. The number of imide groups is 1. The highest BCUT2D eigenvalue weighted by Crippen LogP contribution is 2.19. The molecule has 0 aromatic heterocycles. The van der Waals surface area contributed by atoms with Crippen LogP contribution in [0.25, 0.3) is 0 Å². The van der Waals surface area contributed by atoms with Crippen molar-refractivity contribution in [1.29, 1.82) is 0 Å². The van der Waals surface area contributed by atoms with Crippen LogP contribution in [0.4, 0.5) is 4.79 Å². The van der Waals surface area contributed by atoms with Crippen LogP contribution in [0.1, 0.15) is 30.9 Å². The quantitative estimate of drug-likeness (QED) is 0.457. The third kappa shape index (κ3) is 6.52. The summed E-state index contributed by atoms with van der Waals surface area (Å²) in [5.41, 5.74) is 2.11. The number of ether oxygens (including phenoxy) is 3. The van der Waals surface area contributed by atoms with E-state index in [4.69, 9.17) is 14.2 Å². The molecule has 1 saturated heterocycles. The summed E-state index contributed by atoms with van der Waals surface area (Å²) in [4.78, 5) is 26.3. The molecular formula is C26H31NO5. The van der Waals surface area contributed by atoms with Crippen LogP contribution < -0.4 is 0 Å². The Balaban J connectivity index is 1.58. The maximum atomic E-state index is 12.9. The molecule has 6 heteroatoms. The number of hydrogen-bond acceptors (Lipinski definition) is 5. The SMILES string of the molecule is C=CC[C@@H](OCC(=O)N1C(=O)OC[C@H]1Cc1ccccc1)[C@@H](CC)OCc1ccccc1. The van der Waals surface area contributed by atoms with E-state index in [2.05, 4.69) is 6.58 Å². The number of amides is 2. The highest BCUT2D eigenvalue weighted by atomic mass is 16.6. The molecule has 1 aliphatic rings. The molecule has 32 heavy (non-hydrogen) atoms. The van der Waals surface area contributed by atoms with E-state index in [0.717, 1.165) is 17.5 Å². The Morgan fingerprint density at radius 3 is 2.38 bits per heavy atom. The van der Waals surface area contributed by atoms with Gasteiger partial charge in [-0.25, -0.2) is 9.69 Å². The zero-order valence-electron chi connectivity index (χ0n) is 18.5. The summed E-state index contributed by atoms with van der Waals surface area (Å²) in [5, 5.41) is 0. The van der Waals surface area contributed by atoms with Gasteiger partial charge in [-0.1, -0.05) is 73.7 Å². The minimum absolute atomic E-state index is 0.188. The van der Waals surface area contributed by atoms with Gasteiger partial charge in [-0.15, -0.1) is 6.58 Å². The molecule has 1 aliphatic heterocycles. The standard InChI is InChI=1S/C26H31NO5/c1-3-11-24(23(4-2)30-17-21-14-9-6-10-15-21)31-19-25(28)27-22(18-32-26(27)29)16-20-12-7-5-8-13-20/h3,5-10,12-15,22-24H,1,4,11,16-19H2,2H3/t22-,23-,24-/m1/s1. The Morgan fingerprint density at radius 2 is 1.75 bits per heavy atom. The minimum Gasteiger partial charge on any atom is -0.447 e. The van der Waals surface area contributed by atoms with Crippen molar-refractivity contribution in [3.63, 3.8) is 0 Å². The molecule has 2 amide bonds. The summed E-state index contributed by atoms with van der Waals surface area (Å²) in [7, 11) is 0. The predicted molar refractivity (Wildman–Crippen MR) is 122 cm³/mol. The van der Waals surface area contributed by atoms with Gasteiger partial charge in [-0.05, 0) is 30.4 Å². The fourth-order valence-electron chi connectivity index (χ4n) is 3.81. The predicted octanol–water partition coefficient (Wildman–Crippen LogP) is 4.53. The number of nitrogens with zero attached hydrogens (tertiary/aromatic N) is 1.